The van der Waals surface area contributed by atoms with Crippen molar-refractivity contribution in [1.29, 1.82) is 0 Å². The second kappa shape index (κ2) is 7.13. The first-order valence-corrected chi connectivity index (χ1v) is 12.3. The van der Waals surface area contributed by atoms with Crippen molar-refractivity contribution in [2.24, 2.45) is 23.2 Å². The first-order chi connectivity index (χ1) is 15.4. The molecule has 4 aliphatic carbocycles. The van der Waals surface area contributed by atoms with Crippen molar-refractivity contribution in [1.82, 2.24) is 4.98 Å². The third-order valence-electron chi connectivity index (χ3n) is 9.32. The highest BCUT2D eigenvalue weighted by Gasteiger charge is 2.58. The van der Waals surface area contributed by atoms with Crippen LogP contribution >= 0.6 is 0 Å². The summed E-state index contributed by atoms with van der Waals surface area (Å²) in [5.74, 6) is 1.01. The Hall–Kier alpha value is -2.23. The molecule has 3 heteroatoms. The van der Waals surface area contributed by atoms with E-state index in [1.54, 1.807) is 0 Å². The zero-order valence-electron chi connectivity index (χ0n) is 19.1. The van der Waals surface area contributed by atoms with Gasteiger partial charge in [0.05, 0.1) is 11.7 Å². The molecule has 0 aliphatic heterocycles. The summed E-state index contributed by atoms with van der Waals surface area (Å²) in [7, 11) is 0. The van der Waals surface area contributed by atoms with Gasteiger partial charge >= 0.3 is 0 Å². The number of nitrogens with zero attached hydrogens (tertiary/aromatic N) is 1. The molecule has 0 saturated heterocycles. The van der Waals surface area contributed by atoms with E-state index < -0.39 is 5.60 Å². The fraction of sp³-hybridized carbons (Fsp3) is 0.483. The van der Waals surface area contributed by atoms with Gasteiger partial charge in [0.25, 0.3) is 0 Å². The van der Waals surface area contributed by atoms with Gasteiger partial charge in [-0.2, -0.15) is 0 Å². The summed E-state index contributed by atoms with van der Waals surface area (Å²) in [5, 5.41) is 24.9. The van der Waals surface area contributed by atoms with Crippen LogP contribution < -0.4 is 0 Å². The van der Waals surface area contributed by atoms with Gasteiger partial charge in [-0.3, -0.25) is 4.98 Å². The summed E-state index contributed by atoms with van der Waals surface area (Å²) >= 11 is 0. The number of benzene rings is 1. The molecule has 1 aromatic carbocycles. The number of hydrogen-bond donors (Lipinski definition) is 2. The van der Waals surface area contributed by atoms with Gasteiger partial charge < -0.3 is 10.2 Å². The number of aliphatic hydroxyl groups excluding tert-OH is 1. The van der Waals surface area contributed by atoms with Gasteiger partial charge in [-0.25, -0.2) is 0 Å². The Kier molecular flexibility index (Phi) is 4.54. The monoisotopic (exact) mass is 427 g/mol. The second-order valence-corrected chi connectivity index (χ2v) is 10.9. The van der Waals surface area contributed by atoms with Gasteiger partial charge in [0.1, 0.15) is 0 Å². The van der Waals surface area contributed by atoms with Crippen LogP contribution in [0.3, 0.4) is 0 Å². The molecule has 6 rings (SSSR count). The molecule has 1 saturated carbocycles. The number of hydrogen-bond acceptors (Lipinski definition) is 3. The van der Waals surface area contributed by atoms with Crippen LogP contribution in [0.4, 0.5) is 0 Å². The molecular formula is C29H33NO2. The molecule has 0 spiro atoms. The predicted octanol–water partition coefficient (Wildman–Crippen LogP) is 5.83. The van der Waals surface area contributed by atoms with E-state index in [2.05, 4.69) is 61.3 Å². The number of pyridine rings is 1. The Morgan fingerprint density at radius 3 is 2.84 bits per heavy atom. The van der Waals surface area contributed by atoms with Gasteiger partial charge in [-0.1, -0.05) is 49.8 Å². The van der Waals surface area contributed by atoms with Crippen molar-refractivity contribution in [3.8, 4) is 0 Å². The molecule has 32 heavy (non-hydrogen) atoms. The third-order valence-corrected chi connectivity index (χ3v) is 9.32. The average molecular weight is 428 g/mol. The van der Waals surface area contributed by atoms with Gasteiger partial charge in [0, 0.05) is 29.1 Å². The lowest BCUT2D eigenvalue weighted by Crippen LogP contribution is -2.51. The molecule has 2 N–H and O–H groups in total. The van der Waals surface area contributed by atoms with E-state index in [0.717, 1.165) is 49.5 Å². The molecule has 4 aliphatic rings. The quantitative estimate of drug-likeness (QED) is 0.602. The van der Waals surface area contributed by atoms with Gasteiger partial charge in [0.2, 0.25) is 0 Å². The molecule has 0 amide bonds. The first kappa shape index (κ1) is 20.4. The van der Waals surface area contributed by atoms with Crippen molar-refractivity contribution in [3.63, 3.8) is 0 Å². The van der Waals surface area contributed by atoms with E-state index >= 15 is 0 Å². The van der Waals surface area contributed by atoms with Crippen LogP contribution in [-0.4, -0.2) is 26.9 Å². The number of allylic oxidation sites excluding steroid dienone is 3. The van der Waals surface area contributed by atoms with Crippen molar-refractivity contribution in [2.45, 2.75) is 64.1 Å². The van der Waals surface area contributed by atoms with Crippen molar-refractivity contribution in [2.75, 3.05) is 0 Å². The molecule has 2 aromatic rings. The van der Waals surface area contributed by atoms with E-state index in [-0.39, 0.29) is 17.4 Å². The summed E-state index contributed by atoms with van der Waals surface area (Å²) in [6, 6.07) is 8.76. The Morgan fingerprint density at radius 1 is 1.09 bits per heavy atom. The summed E-state index contributed by atoms with van der Waals surface area (Å²) in [5.41, 5.74) is 4.18. The van der Waals surface area contributed by atoms with Crippen LogP contribution in [0.1, 0.15) is 57.9 Å². The predicted molar refractivity (Wildman–Crippen MR) is 129 cm³/mol. The molecule has 5 unspecified atom stereocenters. The van der Waals surface area contributed by atoms with Crippen LogP contribution in [-0.2, 0) is 0 Å². The lowest BCUT2D eigenvalue weighted by molar-refractivity contribution is -0.0455. The molecule has 1 fully saturated rings. The zero-order chi connectivity index (χ0) is 22.1. The van der Waals surface area contributed by atoms with E-state index in [4.69, 9.17) is 0 Å². The van der Waals surface area contributed by atoms with E-state index in [9.17, 15) is 10.2 Å². The topological polar surface area (TPSA) is 53.4 Å². The smallest absolute Gasteiger partial charge is 0.0933 e. The first-order valence-electron chi connectivity index (χ1n) is 12.3. The lowest BCUT2D eigenvalue weighted by atomic mass is 9.54. The van der Waals surface area contributed by atoms with Crippen LogP contribution in [0.25, 0.3) is 16.3 Å². The fourth-order valence-corrected chi connectivity index (χ4v) is 7.32. The summed E-state index contributed by atoms with van der Waals surface area (Å²) < 4.78 is 0. The number of aliphatic hydroxyl groups is 2. The molecule has 6 atom stereocenters. The minimum absolute atomic E-state index is 0.109. The molecule has 0 bridgehead atoms. The van der Waals surface area contributed by atoms with Crippen molar-refractivity contribution >= 4 is 16.3 Å². The standard InChI is InChI=1S/C29H33NO2/c1-18-13-24-15-22-16-25(31)6-5-19(22)9-11-29(24,32)27-8-7-26(28(18,27)2)21-4-3-20-10-12-30-17-23(20)14-21/h3-4,7,10,12-15,17-19,25,27,31-32H,5-6,8-9,11,16H2,1-2H3/t18?,19?,25?,27?,28?,29-/m1/s1. The zero-order valence-corrected chi connectivity index (χ0v) is 19.1. The van der Waals surface area contributed by atoms with Crippen molar-refractivity contribution in [3.05, 3.63) is 71.6 Å². The molecule has 3 nitrogen and oxygen atoms in total. The number of rotatable bonds is 1. The highest BCUT2D eigenvalue weighted by molar-refractivity contribution is 5.87. The minimum atomic E-state index is -0.798. The molecule has 166 valence electrons. The van der Waals surface area contributed by atoms with E-state index in [1.165, 1.54) is 22.1 Å². The second-order valence-electron chi connectivity index (χ2n) is 10.9. The summed E-state index contributed by atoms with van der Waals surface area (Å²) in [6.45, 7) is 4.69. The Balaban J connectivity index is 1.42. The van der Waals surface area contributed by atoms with Crippen LogP contribution in [0.5, 0.6) is 0 Å². The molecule has 0 radical (unpaired) electrons. The number of fused-ring (bicyclic) bond motifs is 5. The largest absolute Gasteiger partial charge is 0.393 e. The SMILES string of the molecule is CC1C=C2C=C3CC(O)CCC3CC[C@]2(O)C2CC=C(c3ccc4ccncc4c3)C12C. The molecular weight excluding hydrogens is 394 g/mol. The summed E-state index contributed by atoms with van der Waals surface area (Å²) in [4.78, 5) is 4.32. The number of aromatic nitrogens is 1. The lowest BCUT2D eigenvalue weighted by Gasteiger charge is -2.51. The molecule has 1 aromatic heterocycles. The van der Waals surface area contributed by atoms with E-state index in [0.29, 0.717) is 11.8 Å². The highest BCUT2D eigenvalue weighted by Crippen LogP contribution is 2.63. The van der Waals surface area contributed by atoms with Crippen LogP contribution in [0.2, 0.25) is 0 Å². The van der Waals surface area contributed by atoms with Crippen LogP contribution in [0.15, 0.2) is 66.0 Å². The third kappa shape index (κ3) is 2.84. The maximum Gasteiger partial charge on any atom is 0.0933 e. The minimum Gasteiger partial charge on any atom is -0.393 e. The van der Waals surface area contributed by atoms with Gasteiger partial charge in [-0.05, 0) is 84.6 Å². The maximum absolute atomic E-state index is 12.3. The van der Waals surface area contributed by atoms with E-state index in [1.807, 2.05) is 12.4 Å². The normalized spacial score (nSPS) is 38.7. The maximum atomic E-state index is 12.3. The fourth-order valence-electron chi connectivity index (χ4n) is 7.32. The highest BCUT2D eigenvalue weighted by atomic mass is 16.3. The Morgan fingerprint density at radius 2 is 1.97 bits per heavy atom. The summed E-state index contributed by atoms with van der Waals surface area (Å²) in [6.07, 6.45) is 16.0. The molecule has 1 heterocycles. The Bertz CT molecular complexity index is 1180. The van der Waals surface area contributed by atoms with Gasteiger partial charge in [0.15, 0.2) is 0 Å². The Labute approximate surface area is 190 Å². The van der Waals surface area contributed by atoms with Crippen LogP contribution in [0, 0.1) is 23.2 Å². The van der Waals surface area contributed by atoms with Crippen molar-refractivity contribution < 1.29 is 10.2 Å². The average Bonchev–Trinajstić information content (AvgIpc) is 3.09. The van der Waals surface area contributed by atoms with Gasteiger partial charge in [-0.15, -0.1) is 0 Å².